The van der Waals surface area contributed by atoms with E-state index >= 15 is 0 Å². The standard InChI is InChI=1S/C10H14N2/c1-8-4-2-3-5-10(8)9(6-11)7-12/h8-10H,2-5H2,1H3/t8-,10+/m1/s1. The number of nitrogens with zero attached hydrogens (tertiary/aromatic N) is 2. The molecule has 0 heterocycles. The fraction of sp³-hybridized carbons (Fsp3) is 0.800. The summed E-state index contributed by atoms with van der Waals surface area (Å²) in [5.74, 6) is 0.511. The predicted molar refractivity (Wildman–Crippen MR) is 45.8 cm³/mol. The first-order valence-corrected chi connectivity index (χ1v) is 4.59. The van der Waals surface area contributed by atoms with Crippen LogP contribution in [0.15, 0.2) is 0 Å². The lowest BCUT2D eigenvalue weighted by molar-refractivity contribution is 0.231. The fourth-order valence-corrected chi connectivity index (χ4v) is 2.06. The van der Waals surface area contributed by atoms with Crippen molar-refractivity contribution in [2.45, 2.75) is 32.6 Å². The van der Waals surface area contributed by atoms with E-state index in [2.05, 4.69) is 19.1 Å². The Morgan fingerprint density at radius 3 is 2.25 bits per heavy atom. The van der Waals surface area contributed by atoms with Crippen LogP contribution in [0.2, 0.25) is 0 Å². The third-order valence-corrected chi connectivity index (χ3v) is 2.88. The van der Waals surface area contributed by atoms with Crippen molar-refractivity contribution in [1.82, 2.24) is 0 Å². The van der Waals surface area contributed by atoms with Gasteiger partial charge in [-0.2, -0.15) is 10.5 Å². The number of hydrogen-bond acceptors (Lipinski definition) is 2. The van der Waals surface area contributed by atoms with Crippen LogP contribution in [-0.4, -0.2) is 0 Å². The summed E-state index contributed by atoms with van der Waals surface area (Å²) in [5.41, 5.74) is 0. The van der Waals surface area contributed by atoms with Gasteiger partial charge < -0.3 is 0 Å². The maximum absolute atomic E-state index is 8.72. The van der Waals surface area contributed by atoms with Crippen LogP contribution < -0.4 is 0 Å². The molecule has 1 aliphatic rings. The van der Waals surface area contributed by atoms with Gasteiger partial charge in [0.15, 0.2) is 0 Å². The fourth-order valence-electron chi connectivity index (χ4n) is 2.06. The molecule has 0 amide bonds. The molecule has 2 heteroatoms. The second-order valence-electron chi connectivity index (χ2n) is 3.66. The van der Waals surface area contributed by atoms with Gasteiger partial charge in [0.25, 0.3) is 0 Å². The van der Waals surface area contributed by atoms with Gasteiger partial charge in [-0.15, -0.1) is 0 Å². The van der Waals surface area contributed by atoms with Gasteiger partial charge in [0, 0.05) is 0 Å². The lowest BCUT2D eigenvalue weighted by Gasteiger charge is -2.28. The topological polar surface area (TPSA) is 47.6 Å². The highest BCUT2D eigenvalue weighted by Gasteiger charge is 2.28. The molecular weight excluding hydrogens is 148 g/mol. The minimum atomic E-state index is -0.375. The van der Waals surface area contributed by atoms with Crippen molar-refractivity contribution < 1.29 is 0 Å². The van der Waals surface area contributed by atoms with E-state index in [0.717, 1.165) is 6.42 Å². The molecule has 0 radical (unpaired) electrons. The maximum Gasteiger partial charge on any atom is 0.136 e. The van der Waals surface area contributed by atoms with Gasteiger partial charge in [-0.05, 0) is 18.3 Å². The molecule has 1 fully saturated rings. The molecule has 1 rings (SSSR count). The zero-order valence-corrected chi connectivity index (χ0v) is 7.45. The lowest BCUT2D eigenvalue weighted by Crippen LogP contribution is -2.23. The average Bonchev–Trinajstić information content (AvgIpc) is 2.10. The van der Waals surface area contributed by atoms with Crippen molar-refractivity contribution in [3.8, 4) is 12.1 Å². The molecule has 0 aromatic rings. The van der Waals surface area contributed by atoms with E-state index in [1.165, 1.54) is 19.3 Å². The molecule has 0 unspecified atom stereocenters. The lowest BCUT2D eigenvalue weighted by atomic mass is 9.74. The highest BCUT2D eigenvalue weighted by molar-refractivity contribution is 5.04. The summed E-state index contributed by atoms with van der Waals surface area (Å²) in [6.45, 7) is 2.16. The highest BCUT2D eigenvalue weighted by atomic mass is 14.4. The summed E-state index contributed by atoms with van der Waals surface area (Å²) < 4.78 is 0. The second-order valence-corrected chi connectivity index (χ2v) is 3.66. The third kappa shape index (κ3) is 1.77. The molecule has 12 heavy (non-hydrogen) atoms. The molecule has 1 saturated carbocycles. The summed E-state index contributed by atoms with van der Waals surface area (Å²) in [4.78, 5) is 0. The Hall–Kier alpha value is -1.02. The molecule has 1 aliphatic carbocycles. The van der Waals surface area contributed by atoms with Crippen molar-refractivity contribution in [1.29, 1.82) is 10.5 Å². The third-order valence-electron chi connectivity index (χ3n) is 2.88. The molecule has 0 bridgehead atoms. The van der Waals surface area contributed by atoms with Crippen LogP contribution in [-0.2, 0) is 0 Å². The molecule has 0 aromatic carbocycles. The normalized spacial score (nSPS) is 29.3. The molecule has 2 atom stereocenters. The first-order chi connectivity index (χ1) is 5.79. The van der Waals surface area contributed by atoms with Crippen molar-refractivity contribution in [2.75, 3.05) is 0 Å². The zero-order chi connectivity index (χ0) is 8.97. The number of hydrogen-bond donors (Lipinski definition) is 0. The Morgan fingerprint density at radius 2 is 1.75 bits per heavy atom. The summed E-state index contributed by atoms with van der Waals surface area (Å²) in [5, 5.41) is 17.4. The maximum atomic E-state index is 8.72. The number of rotatable bonds is 1. The van der Waals surface area contributed by atoms with Crippen molar-refractivity contribution in [3.63, 3.8) is 0 Å². The Balaban J connectivity index is 2.60. The van der Waals surface area contributed by atoms with Gasteiger partial charge in [-0.1, -0.05) is 26.2 Å². The van der Waals surface area contributed by atoms with Crippen LogP contribution in [0.25, 0.3) is 0 Å². The van der Waals surface area contributed by atoms with Crippen LogP contribution in [0.1, 0.15) is 32.6 Å². The van der Waals surface area contributed by atoms with Gasteiger partial charge in [-0.25, -0.2) is 0 Å². The molecule has 0 aliphatic heterocycles. The van der Waals surface area contributed by atoms with Gasteiger partial charge in [0.1, 0.15) is 5.92 Å². The van der Waals surface area contributed by atoms with Crippen LogP contribution >= 0.6 is 0 Å². The smallest absolute Gasteiger partial charge is 0.136 e. The Morgan fingerprint density at radius 1 is 1.17 bits per heavy atom. The quantitative estimate of drug-likeness (QED) is 0.594. The molecule has 64 valence electrons. The Kier molecular flexibility index (Phi) is 3.11. The monoisotopic (exact) mass is 162 g/mol. The molecular formula is C10H14N2. The minimum absolute atomic E-state index is 0.328. The van der Waals surface area contributed by atoms with Crippen LogP contribution in [0.4, 0.5) is 0 Å². The molecule has 0 aromatic heterocycles. The van der Waals surface area contributed by atoms with E-state index in [9.17, 15) is 0 Å². The van der Waals surface area contributed by atoms with E-state index in [1.54, 1.807) is 0 Å². The van der Waals surface area contributed by atoms with Crippen molar-refractivity contribution in [3.05, 3.63) is 0 Å². The van der Waals surface area contributed by atoms with Gasteiger partial charge in [-0.3, -0.25) is 0 Å². The van der Waals surface area contributed by atoms with E-state index in [4.69, 9.17) is 10.5 Å². The highest BCUT2D eigenvalue weighted by Crippen LogP contribution is 2.34. The van der Waals surface area contributed by atoms with Crippen LogP contribution in [0.5, 0.6) is 0 Å². The first kappa shape index (κ1) is 9.07. The van der Waals surface area contributed by atoms with Gasteiger partial charge in [0.2, 0.25) is 0 Å². The Labute approximate surface area is 73.8 Å². The molecule has 0 saturated heterocycles. The second kappa shape index (κ2) is 4.12. The SMILES string of the molecule is C[C@@H]1CCCC[C@@H]1C(C#N)C#N. The van der Waals surface area contributed by atoms with Crippen LogP contribution in [0, 0.1) is 40.4 Å². The zero-order valence-electron chi connectivity index (χ0n) is 7.45. The predicted octanol–water partition coefficient (Wildman–Crippen LogP) is 2.48. The molecule has 0 N–H and O–H groups in total. The van der Waals surface area contributed by atoms with Crippen LogP contribution in [0.3, 0.4) is 0 Å². The largest absolute Gasteiger partial charge is 0.197 e. The van der Waals surface area contributed by atoms with Gasteiger partial charge >= 0.3 is 0 Å². The molecule has 2 nitrogen and oxygen atoms in total. The summed E-state index contributed by atoms with van der Waals surface area (Å²) in [6.07, 6.45) is 4.70. The minimum Gasteiger partial charge on any atom is -0.197 e. The summed E-state index contributed by atoms with van der Waals surface area (Å²) in [6, 6.07) is 4.18. The summed E-state index contributed by atoms with van der Waals surface area (Å²) >= 11 is 0. The van der Waals surface area contributed by atoms with E-state index < -0.39 is 0 Å². The summed E-state index contributed by atoms with van der Waals surface area (Å²) in [7, 11) is 0. The van der Waals surface area contributed by atoms with Crippen molar-refractivity contribution in [2.24, 2.45) is 17.8 Å². The van der Waals surface area contributed by atoms with Gasteiger partial charge in [0.05, 0.1) is 12.1 Å². The molecule has 0 spiro atoms. The average molecular weight is 162 g/mol. The van der Waals surface area contributed by atoms with E-state index in [-0.39, 0.29) is 5.92 Å². The Bertz CT molecular complexity index is 207. The number of nitriles is 2. The van der Waals surface area contributed by atoms with Crippen molar-refractivity contribution >= 4 is 0 Å². The van der Waals surface area contributed by atoms with E-state index in [0.29, 0.717) is 11.8 Å². The first-order valence-electron chi connectivity index (χ1n) is 4.59. The van der Waals surface area contributed by atoms with E-state index in [1.807, 2.05) is 0 Å².